The lowest BCUT2D eigenvalue weighted by Gasteiger charge is -2.27. The summed E-state index contributed by atoms with van der Waals surface area (Å²) in [6.07, 6.45) is 2.04. The summed E-state index contributed by atoms with van der Waals surface area (Å²) in [5, 5.41) is 13.3. The third-order valence-corrected chi connectivity index (χ3v) is 3.74. The predicted octanol–water partition coefficient (Wildman–Crippen LogP) is 2.95. The molecule has 0 aliphatic rings. The van der Waals surface area contributed by atoms with Gasteiger partial charge >= 0.3 is 5.97 Å². The maximum absolute atomic E-state index is 11.4. The molecule has 5 heteroatoms. The zero-order chi connectivity index (χ0) is 14.6. The standard InChI is InChI=1S/C14H24N2O3/c1-9(2)6-7-11-15-12(19-16-11)8-14(5,10(3)4)13(17)18/h9-10H,6-8H2,1-5H3,(H,17,18). The Hall–Kier alpha value is -1.39. The van der Waals surface area contributed by atoms with Crippen molar-refractivity contribution in [3.63, 3.8) is 0 Å². The van der Waals surface area contributed by atoms with Crippen molar-refractivity contribution in [2.75, 3.05) is 0 Å². The second kappa shape index (κ2) is 6.17. The Morgan fingerprint density at radius 3 is 2.47 bits per heavy atom. The van der Waals surface area contributed by atoms with Crippen molar-refractivity contribution >= 4 is 5.97 Å². The molecule has 1 aromatic rings. The highest BCUT2D eigenvalue weighted by atomic mass is 16.5. The first-order valence-corrected chi connectivity index (χ1v) is 6.80. The highest BCUT2D eigenvalue weighted by Gasteiger charge is 2.38. The van der Waals surface area contributed by atoms with E-state index < -0.39 is 11.4 Å². The van der Waals surface area contributed by atoms with Gasteiger partial charge in [0.25, 0.3) is 0 Å². The van der Waals surface area contributed by atoms with Gasteiger partial charge in [-0.25, -0.2) is 0 Å². The summed E-state index contributed by atoms with van der Waals surface area (Å²) in [7, 11) is 0. The van der Waals surface area contributed by atoms with Crippen molar-refractivity contribution in [3.8, 4) is 0 Å². The highest BCUT2D eigenvalue weighted by molar-refractivity contribution is 5.74. The summed E-state index contributed by atoms with van der Waals surface area (Å²) in [5.74, 6) is 0.833. The third-order valence-electron chi connectivity index (χ3n) is 3.74. The molecule has 0 fully saturated rings. The van der Waals surface area contributed by atoms with Gasteiger partial charge in [0.1, 0.15) is 0 Å². The fraction of sp³-hybridized carbons (Fsp3) is 0.786. The Balaban J connectivity index is 2.74. The van der Waals surface area contributed by atoms with Gasteiger partial charge in [0.05, 0.1) is 5.41 Å². The molecular weight excluding hydrogens is 244 g/mol. The number of rotatable bonds is 7. The average molecular weight is 268 g/mol. The summed E-state index contributed by atoms with van der Waals surface area (Å²) in [6.45, 7) is 9.79. The summed E-state index contributed by atoms with van der Waals surface area (Å²) in [5.41, 5.74) is -0.873. The smallest absolute Gasteiger partial charge is 0.310 e. The minimum Gasteiger partial charge on any atom is -0.481 e. The van der Waals surface area contributed by atoms with Gasteiger partial charge in [0.2, 0.25) is 5.89 Å². The van der Waals surface area contributed by atoms with Crippen LogP contribution in [-0.2, 0) is 17.6 Å². The highest BCUT2D eigenvalue weighted by Crippen LogP contribution is 2.31. The van der Waals surface area contributed by atoms with E-state index in [2.05, 4.69) is 24.0 Å². The van der Waals surface area contributed by atoms with Crippen molar-refractivity contribution in [3.05, 3.63) is 11.7 Å². The van der Waals surface area contributed by atoms with Crippen LogP contribution in [0, 0.1) is 17.3 Å². The van der Waals surface area contributed by atoms with Crippen LogP contribution in [-0.4, -0.2) is 21.2 Å². The summed E-state index contributed by atoms with van der Waals surface area (Å²) < 4.78 is 5.17. The molecule has 1 rings (SSSR count). The molecule has 1 unspecified atom stereocenters. The topological polar surface area (TPSA) is 76.2 Å². The van der Waals surface area contributed by atoms with E-state index in [4.69, 9.17) is 4.52 Å². The molecule has 0 aliphatic carbocycles. The van der Waals surface area contributed by atoms with Gasteiger partial charge in [-0.2, -0.15) is 4.98 Å². The number of aryl methyl sites for hydroxylation is 1. The van der Waals surface area contributed by atoms with Crippen molar-refractivity contribution in [2.24, 2.45) is 17.3 Å². The summed E-state index contributed by atoms with van der Waals surface area (Å²) in [4.78, 5) is 15.7. The number of nitrogens with zero attached hydrogens (tertiary/aromatic N) is 2. The third kappa shape index (κ3) is 4.04. The Labute approximate surface area is 114 Å². The SMILES string of the molecule is CC(C)CCc1noc(CC(C)(C(=O)O)C(C)C)n1. The first-order valence-electron chi connectivity index (χ1n) is 6.80. The fourth-order valence-electron chi connectivity index (χ4n) is 1.72. The molecule has 1 aromatic heterocycles. The Kier molecular flexibility index (Phi) is 5.09. The van der Waals surface area contributed by atoms with E-state index >= 15 is 0 Å². The van der Waals surface area contributed by atoms with Crippen LogP contribution in [0.5, 0.6) is 0 Å². The molecule has 5 nitrogen and oxygen atoms in total. The van der Waals surface area contributed by atoms with E-state index in [9.17, 15) is 9.90 Å². The Morgan fingerprint density at radius 1 is 1.37 bits per heavy atom. The van der Waals surface area contributed by atoms with Crippen LogP contribution < -0.4 is 0 Å². The van der Waals surface area contributed by atoms with Crippen LogP contribution in [0.3, 0.4) is 0 Å². The lowest BCUT2D eigenvalue weighted by Crippen LogP contribution is -2.35. The van der Waals surface area contributed by atoms with Crippen molar-refractivity contribution in [1.29, 1.82) is 0 Å². The molecule has 0 saturated heterocycles. The maximum Gasteiger partial charge on any atom is 0.310 e. The number of carbonyl (C=O) groups is 1. The molecular formula is C14H24N2O3. The molecule has 0 aromatic carbocycles. The molecule has 0 spiro atoms. The quantitative estimate of drug-likeness (QED) is 0.822. The zero-order valence-corrected chi connectivity index (χ0v) is 12.4. The van der Waals surface area contributed by atoms with Gasteiger partial charge in [-0.05, 0) is 25.2 Å². The maximum atomic E-state index is 11.4. The van der Waals surface area contributed by atoms with E-state index in [1.54, 1.807) is 6.92 Å². The van der Waals surface area contributed by atoms with Crippen LogP contribution in [0.15, 0.2) is 4.52 Å². The summed E-state index contributed by atoms with van der Waals surface area (Å²) >= 11 is 0. The number of hydrogen-bond acceptors (Lipinski definition) is 4. The van der Waals surface area contributed by atoms with Gasteiger partial charge in [-0.3, -0.25) is 4.79 Å². The minimum absolute atomic E-state index is 0.00369. The number of aromatic nitrogens is 2. The van der Waals surface area contributed by atoms with Crippen LogP contribution in [0.2, 0.25) is 0 Å². The van der Waals surface area contributed by atoms with Crippen LogP contribution in [0.1, 0.15) is 52.8 Å². The number of hydrogen-bond donors (Lipinski definition) is 1. The number of carboxylic acid groups (broad SMARTS) is 1. The fourth-order valence-corrected chi connectivity index (χ4v) is 1.72. The van der Waals surface area contributed by atoms with Gasteiger partial charge < -0.3 is 9.63 Å². The van der Waals surface area contributed by atoms with Crippen molar-refractivity contribution < 1.29 is 14.4 Å². The lowest BCUT2D eigenvalue weighted by molar-refractivity contribution is -0.150. The monoisotopic (exact) mass is 268 g/mol. The van der Waals surface area contributed by atoms with Gasteiger partial charge in [-0.1, -0.05) is 32.9 Å². The van der Waals surface area contributed by atoms with Crippen molar-refractivity contribution in [2.45, 2.75) is 53.9 Å². The van der Waals surface area contributed by atoms with Gasteiger partial charge in [-0.15, -0.1) is 0 Å². The average Bonchev–Trinajstić information content (AvgIpc) is 2.73. The summed E-state index contributed by atoms with van der Waals surface area (Å²) in [6, 6.07) is 0. The van der Waals surface area contributed by atoms with E-state index in [0.717, 1.165) is 12.8 Å². The Bertz CT molecular complexity index is 426. The normalized spacial score (nSPS) is 14.9. The molecule has 108 valence electrons. The lowest BCUT2D eigenvalue weighted by atomic mass is 9.76. The second-order valence-electron chi connectivity index (χ2n) is 6.09. The molecule has 1 heterocycles. The van der Waals surface area contributed by atoms with Gasteiger partial charge in [0.15, 0.2) is 5.82 Å². The van der Waals surface area contributed by atoms with Crippen LogP contribution in [0.25, 0.3) is 0 Å². The second-order valence-corrected chi connectivity index (χ2v) is 6.09. The molecule has 19 heavy (non-hydrogen) atoms. The molecule has 1 N–H and O–H groups in total. The predicted molar refractivity (Wildman–Crippen MR) is 71.7 cm³/mol. The molecule has 0 amide bonds. The minimum atomic E-state index is -0.873. The van der Waals surface area contributed by atoms with Crippen LogP contribution in [0.4, 0.5) is 0 Å². The Morgan fingerprint density at radius 2 is 2.00 bits per heavy atom. The van der Waals surface area contributed by atoms with E-state index in [-0.39, 0.29) is 12.3 Å². The molecule has 0 radical (unpaired) electrons. The number of carboxylic acids is 1. The number of aliphatic carboxylic acids is 1. The van der Waals surface area contributed by atoms with Crippen molar-refractivity contribution in [1.82, 2.24) is 10.1 Å². The van der Waals surface area contributed by atoms with E-state index in [0.29, 0.717) is 17.6 Å². The van der Waals surface area contributed by atoms with Gasteiger partial charge in [0, 0.05) is 12.8 Å². The molecule has 0 aliphatic heterocycles. The zero-order valence-electron chi connectivity index (χ0n) is 12.4. The first-order chi connectivity index (χ1) is 8.75. The molecule has 1 atom stereocenters. The van der Waals surface area contributed by atoms with Crippen LogP contribution >= 0.6 is 0 Å². The molecule has 0 bridgehead atoms. The first kappa shape index (κ1) is 15.7. The van der Waals surface area contributed by atoms with E-state index in [1.807, 2.05) is 13.8 Å². The van der Waals surface area contributed by atoms with E-state index in [1.165, 1.54) is 0 Å². The molecule has 0 saturated carbocycles. The largest absolute Gasteiger partial charge is 0.481 e.